The van der Waals surface area contributed by atoms with E-state index >= 15 is 0 Å². The average Bonchev–Trinajstić information content (AvgIpc) is 3.60. The molecule has 3 aromatic carbocycles. The van der Waals surface area contributed by atoms with Gasteiger partial charge in [-0.1, -0.05) is 12.1 Å². The summed E-state index contributed by atoms with van der Waals surface area (Å²) in [4.78, 5) is 23.7. The molecule has 0 saturated carbocycles. The summed E-state index contributed by atoms with van der Waals surface area (Å²) >= 11 is 1.66. The van der Waals surface area contributed by atoms with Crippen molar-refractivity contribution in [3.05, 3.63) is 60.2 Å². The zero-order valence-corrected chi connectivity index (χ0v) is 24.5. The molecule has 1 fully saturated rings. The number of hydrogen-bond acceptors (Lipinski definition) is 9. The molecule has 218 valence electrons. The molecule has 1 aromatic heterocycles. The predicted molar refractivity (Wildman–Crippen MR) is 163 cm³/mol. The fourth-order valence-electron chi connectivity index (χ4n) is 5.32. The van der Waals surface area contributed by atoms with Crippen LogP contribution in [-0.4, -0.2) is 66.8 Å². The number of carbonyl (C=O) groups excluding carboxylic acids is 1. The molecule has 0 spiro atoms. The average molecular weight is 588 g/mol. The van der Waals surface area contributed by atoms with Gasteiger partial charge in [0.15, 0.2) is 28.7 Å². The van der Waals surface area contributed by atoms with Gasteiger partial charge in [0.2, 0.25) is 0 Å². The lowest BCUT2D eigenvalue weighted by molar-refractivity contribution is -0.00447. The van der Waals surface area contributed by atoms with Crippen LogP contribution in [0.3, 0.4) is 0 Å². The molecule has 3 heterocycles. The third kappa shape index (κ3) is 5.52. The number of para-hydroxylation sites is 1. The van der Waals surface area contributed by atoms with Gasteiger partial charge in [-0.25, -0.2) is 4.98 Å². The van der Waals surface area contributed by atoms with Crippen molar-refractivity contribution in [1.29, 1.82) is 0 Å². The van der Waals surface area contributed by atoms with Crippen molar-refractivity contribution in [2.24, 2.45) is 4.99 Å². The number of aromatic nitrogens is 1. The zero-order chi connectivity index (χ0) is 29.1. The SMILES string of the molecule is COc1cc(-c2nc3ccccc3s2)ccc1OCCCCCOc1cc2c(cc1OC)C(=O)N1CCCC1(O)C=N2. The van der Waals surface area contributed by atoms with Crippen LogP contribution in [0.1, 0.15) is 42.5 Å². The molecule has 2 aliphatic rings. The first-order valence-corrected chi connectivity index (χ1v) is 14.9. The summed E-state index contributed by atoms with van der Waals surface area (Å²) in [5, 5.41) is 11.8. The highest BCUT2D eigenvalue weighted by Gasteiger charge is 2.43. The van der Waals surface area contributed by atoms with Gasteiger partial charge in [0.25, 0.3) is 5.91 Å². The van der Waals surface area contributed by atoms with Crippen molar-refractivity contribution in [3.8, 4) is 33.6 Å². The Labute approximate surface area is 248 Å². The molecule has 0 bridgehead atoms. The van der Waals surface area contributed by atoms with E-state index in [0.29, 0.717) is 60.4 Å². The van der Waals surface area contributed by atoms with Crippen molar-refractivity contribution < 1.29 is 28.8 Å². The minimum Gasteiger partial charge on any atom is -0.493 e. The lowest BCUT2D eigenvalue weighted by Gasteiger charge is -2.28. The monoisotopic (exact) mass is 587 g/mol. The maximum atomic E-state index is 13.1. The van der Waals surface area contributed by atoms with E-state index in [2.05, 4.69) is 11.1 Å². The smallest absolute Gasteiger partial charge is 0.258 e. The van der Waals surface area contributed by atoms with Crippen molar-refractivity contribution in [1.82, 2.24) is 9.88 Å². The van der Waals surface area contributed by atoms with Crippen LogP contribution in [0.15, 0.2) is 59.6 Å². The van der Waals surface area contributed by atoms with Crippen LogP contribution < -0.4 is 18.9 Å². The fraction of sp³-hybridized carbons (Fsp3) is 0.344. The second-order valence-corrected chi connectivity index (χ2v) is 11.4. The van der Waals surface area contributed by atoms with Crippen LogP contribution in [0.4, 0.5) is 5.69 Å². The molecule has 0 radical (unpaired) electrons. The highest BCUT2D eigenvalue weighted by Crippen LogP contribution is 2.40. The summed E-state index contributed by atoms with van der Waals surface area (Å²) in [7, 11) is 3.19. The summed E-state index contributed by atoms with van der Waals surface area (Å²) in [6, 6.07) is 17.4. The first kappa shape index (κ1) is 28.0. The largest absolute Gasteiger partial charge is 0.493 e. The van der Waals surface area contributed by atoms with Crippen molar-refractivity contribution in [2.45, 2.75) is 37.8 Å². The molecular formula is C32H33N3O6S. The number of fused-ring (bicyclic) bond motifs is 3. The summed E-state index contributed by atoms with van der Waals surface area (Å²) < 4.78 is 24.3. The number of rotatable bonds is 11. The van der Waals surface area contributed by atoms with Crippen LogP contribution in [0.2, 0.25) is 0 Å². The lowest BCUT2D eigenvalue weighted by Crippen LogP contribution is -2.47. The van der Waals surface area contributed by atoms with Gasteiger partial charge < -0.3 is 29.0 Å². The lowest BCUT2D eigenvalue weighted by atomic mass is 10.1. The van der Waals surface area contributed by atoms with Gasteiger partial charge >= 0.3 is 0 Å². The Hall–Kier alpha value is -4.15. The Balaban J connectivity index is 1.01. The minimum atomic E-state index is -1.34. The molecule has 6 rings (SSSR count). The van der Waals surface area contributed by atoms with E-state index in [9.17, 15) is 9.90 Å². The Morgan fingerprint density at radius 3 is 2.48 bits per heavy atom. The van der Waals surface area contributed by atoms with E-state index in [0.717, 1.165) is 46.5 Å². The van der Waals surface area contributed by atoms with E-state index in [-0.39, 0.29) is 5.91 Å². The van der Waals surface area contributed by atoms with Gasteiger partial charge in [-0.05, 0) is 62.1 Å². The van der Waals surface area contributed by atoms with Crippen LogP contribution in [-0.2, 0) is 0 Å². The number of carbonyl (C=O) groups is 1. The maximum absolute atomic E-state index is 13.1. The van der Waals surface area contributed by atoms with Gasteiger partial charge in [-0.3, -0.25) is 9.79 Å². The standard InChI is InChI=1S/C32H33N3O6S/c1-38-26-17-21(30-34-23-9-4-5-10-29(23)42-30)11-12-25(26)40-15-6-3-7-16-41-28-19-24-22(18-27(28)39-2)31(36)35-14-8-13-32(35,37)20-33-24/h4-5,9-12,17-20,37H,3,6-8,13-16H2,1-2H3. The summed E-state index contributed by atoms with van der Waals surface area (Å²) in [5.74, 6) is 2.11. The number of amides is 1. The van der Waals surface area contributed by atoms with Crippen LogP contribution in [0.25, 0.3) is 20.8 Å². The maximum Gasteiger partial charge on any atom is 0.258 e. The van der Waals surface area contributed by atoms with Gasteiger partial charge in [0.1, 0.15) is 5.01 Å². The first-order chi connectivity index (χ1) is 20.5. The normalized spacial score (nSPS) is 17.6. The van der Waals surface area contributed by atoms with Crippen molar-refractivity contribution >= 4 is 39.4 Å². The number of unbranched alkanes of at least 4 members (excludes halogenated alkanes) is 2. The summed E-state index contributed by atoms with van der Waals surface area (Å²) in [6.07, 6.45) is 5.23. The van der Waals surface area contributed by atoms with E-state index in [1.54, 1.807) is 37.7 Å². The van der Waals surface area contributed by atoms with E-state index < -0.39 is 5.72 Å². The van der Waals surface area contributed by atoms with E-state index in [1.165, 1.54) is 11.1 Å². The molecule has 0 aliphatic carbocycles. The highest BCUT2D eigenvalue weighted by molar-refractivity contribution is 7.21. The van der Waals surface area contributed by atoms with Gasteiger partial charge in [0, 0.05) is 24.6 Å². The first-order valence-electron chi connectivity index (χ1n) is 14.1. The number of thiazole rings is 1. The Morgan fingerprint density at radius 1 is 0.929 bits per heavy atom. The topological polar surface area (TPSA) is 103 Å². The van der Waals surface area contributed by atoms with E-state index in [4.69, 9.17) is 23.9 Å². The third-order valence-corrected chi connectivity index (χ3v) is 8.66. The van der Waals surface area contributed by atoms with E-state index in [1.807, 2.05) is 36.4 Å². The molecule has 10 heteroatoms. The quantitative estimate of drug-likeness (QED) is 0.207. The second kappa shape index (κ2) is 12.0. The molecule has 4 aromatic rings. The molecule has 1 saturated heterocycles. The number of ether oxygens (including phenoxy) is 4. The molecule has 1 unspecified atom stereocenters. The van der Waals surface area contributed by atoms with Gasteiger partial charge in [-0.2, -0.15) is 0 Å². The minimum absolute atomic E-state index is 0.254. The zero-order valence-electron chi connectivity index (χ0n) is 23.7. The van der Waals surface area contributed by atoms with Gasteiger partial charge in [0.05, 0.1) is 55.1 Å². The number of benzene rings is 3. The molecule has 1 amide bonds. The molecule has 42 heavy (non-hydrogen) atoms. The number of aliphatic imine (C=N–C) groups is 1. The number of hydrogen-bond donors (Lipinski definition) is 1. The van der Waals surface area contributed by atoms with Gasteiger partial charge in [-0.15, -0.1) is 11.3 Å². The van der Waals surface area contributed by atoms with Crippen LogP contribution >= 0.6 is 11.3 Å². The summed E-state index contributed by atoms with van der Waals surface area (Å²) in [6.45, 7) is 1.52. The molecule has 1 N–H and O–H groups in total. The second-order valence-electron chi connectivity index (χ2n) is 10.3. The summed E-state index contributed by atoms with van der Waals surface area (Å²) in [5.41, 5.74) is 1.51. The fourth-order valence-corrected chi connectivity index (χ4v) is 6.28. The number of methoxy groups -OCH3 is 2. The Morgan fingerprint density at radius 2 is 1.69 bits per heavy atom. The number of aliphatic hydroxyl groups is 1. The number of nitrogens with zero attached hydrogens (tertiary/aromatic N) is 3. The molecule has 1 atom stereocenters. The molecule has 2 aliphatic heterocycles. The van der Waals surface area contributed by atoms with Crippen LogP contribution in [0, 0.1) is 0 Å². The predicted octanol–water partition coefficient (Wildman–Crippen LogP) is 6.25. The molecular weight excluding hydrogens is 554 g/mol. The van der Waals surface area contributed by atoms with Crippen molar-refractivity contribution in [3.63, 3.8) is 0 Å². The Kier molecular flexibility index (Phi) is 7.99. The Bertz CT molecular complexity index is 1600. The highest BCUT2D eigenvalue weighted by atomic mass is 32.1. The molecule has 9 nitrogen and oxygen atoms in total. The van der Waals surface area contributed by atoms with Crippen LogP contribution in [0.5, 0.6) is 23.0 Å². The van der Waals surface area contributed by atoms with Crippen molar-refractivity contribution in [2.75, 3.05) is 34.0 Å². The third-order valence-electron chi connectivity index (χ3n) is 7.57.